The number of methoxy groups -OCH3 is 2. The summed E-state index contributed by atoms with van der Waals surface area (Å²) < 4.78 is 18.3. The summed E-state index contributed by atoms with van der Waals surface area (Å²) in [7, 11) is 10.0. The van der Waals surface area contributed by atoms with Gasteiger partial charge in [-0.3, -0.25) is 28.9 Å². The van der Waals surface area contributed by atoms with Crippen LogP contribution in [0, 0.1) is 23.7 Å². The highest BCUT2D eigenvalue weighted by Gasteiger charge is 2.44. The molecule has 19 heteroatoms. The van der Waals surface area contributed by atoms with Gasteiger partial charge in [-0.2, -0.15) is 0 Å². The molecule has 1 aromatic heterocycles. The smallest absolute Gasteiger partial charge is 0.411 e. The number of benzene rings is 2. The molecule has 2 aliphatic rings. The van der Waals surface area contributed by atoms with Gasteiger partial charge in [0.1, 0.15) is 17.1 Å². The number of aromatic nitrogens is 1. The van der Waals surface area contributed by atoms with Crippen LogP contribution in [0.4, 0.5) is 10.5 Å². The van der Waals surface area contributed by atoms with Crippen molar-refractivity contribution in [2.24, 2.45) is 23.7 Å². The first-order chi connectivity index (χ1) is 35.8. The van der Waals surface area contributed by atoms with Crippen LogP contribution in [0.15, 0.2) is 66.2 Å². The van der Waals surface area contributed by atoms with Crippen LogP contribution in [0.25, 0.3) is 0 Å². The maximum absolute atomic E-state index is 14.9. The minimum absolute atomic E-state index is 0.0428. The van der Waals surface area contributed by atoms with Crippen molar-refractivity contribution < 1.29 is 43.0 Å². The minimum atomic E-state index is -1.26. The number of likely N-dealkylation sites (N-methyl/N-ethyl adjacent to an activating group) is 3. The van der Waals surface area contributed by atoms with Crippen molar-refractivity contribution in [2.75, 3.05) is 80.5 Å². The third-order valence-electron chi connectivity index (χ3n) is 15.2. The van der Waals surface area contributed by atoms with Crippen LogP contribution in [0.2, 0.25) is 0 Å². The summed E-state index contributed by atoms with van der Waals surface area (Å²) in [6.07, 6.45) is 0.832. The van der Waals surface area contributed by atoms with E-state index >= 15 is 0 Å². The molecule has 0 aliphatic carbocycles. The average Bonchev–Trinajstić information content (AvgIpc) is 4.13. The zero-order valence-corrected chi connectivity index (χ0v) is 47.4. The Kier molecular flexibility index (Phi) is 22.9. The van der Waals surface area contributed by atoms with Crippen molar-refractivity contribution in [3.63, 3.8) is 0 Å². The van der Waals surface area contributed by atoms with Gasteiger partial charge in [0, 0.05) is 90.9 Å². The molecule has 6 amide bonds. The van der Waals surface area contributed by atoms with Crippen molar-refractivity contribution in [1.29, 1.82) is 0 Å². The second kappa shape index (κ2) is 28.5. The summed E-state index contributed by atoms with van der Waals surface area (Å²) in [5, 5.41) is 12.0. The summed E-state index contributed by atoms with van der Waals surface area (Å²) >= 11 is 1.49. The number of amides is 6. The first kappa shape index (κ1) is 60.2. The average molecular weight is 1060 g/mol. The largest absolute Gasteiger partial charge is 0.431 e. The molecule has 75 heavy (non-hydrogen) atoms. The van der Waals surface area contributed by atoms with E-state index in [0.29, 0.717) is 57.5 Å². The molecule has 2 aliphatic heterocycles. The van der Waals surface area contributed by atoms with E-state index < -0.39 is 60.3 Å². The van der Waals surface area contributed by atoms with Gasteiger partial charge in [0.25, 0.3) is 5.91 Å². The summed E-state index contributed by atoms with van der Waals surface area (Å²) in [5.74, 6) is -3.22. The van der Waals surface area contributed by atoms with E-state index in [1.54, 1.807) is 80.2 Å². The number of piperazine rings is 1. The van der Waals surface area contributed by atoms with Crippen LogP contribution < -0.4 is 16.0 Å². The Morgan fingerprint density at radius 3 is 2.05 bits per heavy atom. The summed E-state index contributed by atoms with van der Waals surface area (Å²) in [5.41, 5.74) is 2.39. The molecule has 1 unspecified atom stereocenters. The Hall–Kier alpha value is -5.63. The van der Waals surface area contributed by atoms with Crippen LogP contribution >= 0.6 is 11.3 Å². The van der Waals surface area contributed by atoms with E-state index in [0.717, 1.165) is 22.7 Å². The lowest BCUT2D eigenvalue weighted by Gasteiger charge is -2.41. The number of anilines is 1. The summed E-state index contributed by atoms with van der Waals surface area (Å²) in [6, 6.07) is 13.6. The number of hydrogen-bond donors (Lipinski definition) is 3. The molecule has 2 aromatic carbocycles. The molecule has 18 nitrogen and oxygen atoms in total. The molecule has 0 bridgehead atoms. The van der Waals surface area contributed by atoms with E-state index in [4.69, 9.17) is 14.2 Å². The topological polar surface area (TPSA) is 195 Å². The fourth-order valence-electron chi connectivity index (χ4n) is 10.5. The standard InChI is InChI=1S/C56H85N9O9S/c1-14-37(6)48(44(72-12)34-45(66)65-27-18-21-43(65)49(73-13)38(7)51(67)59-42(53-58-26-32-75-53)33-39-19-16-15-17-20-39)62(10)54(69)46(35(2)3)60-52(68)47(36(4)5)63(11)56(71)74-50(40-22-24-41(57-8)25-23-40)55(70)64-30-28-61(9)29-31-64/h15-17,19-20,22-26,32,35-38,42-44,46-50,57H,14,18,21,27-31,33-34H2,1-13H3,(H,59,67)(H,60,68)/t37-,38+,42-,43-,44+,46-,47-,48-,49+,50?/m0/s1. The first-order valence-corrected chi connectivity index (χ1v) is 27.5. The van der Waals surface area contributed by atoms with Gasteiger partial charge in [0.05, 0.1) is 42.7 Å². The summed E-state index contributed by atoms with van der Waals surface area (Å²) in [4.78, 5) is 99.2. The monoisotopic (exact) mass is 1060 g/mol. The van der Waals surface area contributed by atoms with Gasteiger partial charge in [-0.1, -0.05) is 97.4 Å². The molecule has 0 radical (unpaired) electrons. The highest BCUT2D eigenvalue weighted by atomic mass is 32.1. The highest BCUT2D eigenvalue weighted by molar-refractivity contribution is 7.09. The fraction of sp³-hybridized carbons (Fsp3) is 0.625. The molecule has 3 heterocycles. The number of likely N-dealkylation sites (tertiary alicyclic amines) is 1. The van der Waals surface area contributed by atoms with Crippen LogP contribution in [0.1, 0.15) is 102 Å². The van der Waals surface area contributed by atoms with E-state index in [9.17, 15) is 28.8 Å². The molecule has 3 aromatic rings. The van der Waals surface area contributed by atoms with E-state index in [-0.39, 0.29) is 54.0 Å². The van der Waals surface area contributed by atoms with Gasteiger partial charge >= 0.3 is 6.09 Å². The lowest BCUT2D eigenvalue weighted by molar-refractivity contribution is -0.148. The second-order valence-corrected chi connectivity index (χ2v) is 21.9. The molecular weight excluding hydrogens is 975 g/mol. The van der Waals surface area contributed by atoms with Crippen LogP contribution in [-0.2, 0) is 44.6 Å². The van der Waals surface area contributed by atoms with Crippen molar-refractivity contribution in [1.82, 2.24) is 40.1 Å². The Morgan fingerprint density at radius 1 is 0.827 bits per heavy atom. The third kappa shape index (κ3) is 15.5. The number of ether oxygens (including phenoxy) is 3. The Morgan fingerprint density at radius 2 is 1.49 bits per heavy atom. The number of rotatable bonds is 25. The van der Waals surface area contributed by atoms with Crippen LogP contribution in [-0.4, -0.2) is 177 Å². The minimum Gasteiger partial charge on any atom is -0.431 e. The lowest BCUT2D eigenvalue weighted by atomic mass is 9.89. The number of nitrogens with one attached hydrogen (secondary N) is 3. The van der Waals surface area contributed by atoms with Crippen molar-refractivity contribution >= 4 is 52.7 Å². The maximum atomic E-state index is 14.9. The number of carbonyl (C=O) groups is 6. The number of carbonyl (C=O) groups excluding carboxylic acids is 6. The molecule has 414 valence electrons. The van der Waals surface area contributed by atoms with Gasteiger partial charge < -0.3 is 49.8 Å². The molecule has 0 spiro atoms. The van der Waals surface area contributed by atoms with E-state index in [1.807, 2.05) is 77.4 Å². The van der Waals surface area contributed by atoms with Gasteiger partial charge in [0.15, 0.2) is 0 Å². The SMILES string of the molecule is CC[C@H](C)[C@@H]([C@@H](CC(=O)N1CCC[C@H]1[C@H](OC)[C@@H](C)C(=O)N[C@@H](Cc1ccccc1)c1nccs1)OC)N(C)C(=O)[C@@H](NC(=O)[C@H](C(C)C)N(C)C(=O)OC(C(=O)N1CCN(C)CC1)c1ccc(NC)cc1)C(C)C. The zero-order valence-electron chi connectivity index (χ0n) is 46.6. The summed E-state index contributed by atoms with van der Waals surface area (Å²) in [6.45, 7) is 15.9. The maximum Gasteiger partial charge on any atom is 0.411 e. The van der Waals surface area contributed by atoms with Gasteiger partial charge in [-0.15, -0.1) is 11.3 Å². The Bertz CT molecular complexity index is 2300. The normalized spacial score (nSPS) is 18.7. The number of nitrogens with zero attached hydrogens (tertiary/aromatic N) is 6. The zero-order chi connectivity index (χ0) is 55.1. The van der Waals surface area contributed by atoms with Gasteiger partial charge in [0.2, 0.25) is 29.7 Å². The van der Waals surface area contributed by atoms with Crippen LogP contribution in [0.3, 0.4) is 0 Å². The quantitative estimate of drug-likeness (QED) is 0.0865. The molecule has 3 N–H and O–H groups in total. The Balaban J connectivity index is 1.29. The Labute approximate surface area is 449 Å². The molecule has 0 saturated carbocycles. The predicted octanol–water partition coefficient (Wildman–Crippen LogP) is 6.25. The van der Waals surface area contributed by atoms with E-state index in [1.165, 1.54) is 30.4 Å². The van der Waals surface area contributed by atoms with Crippen LogP contribution in [0.5, 0.6) is 0 Å². The molecule has 2 saturated heterocycles. The van der Waals surface area contributed by atoms with E-state index in [2.05, 4.69) is 25.8 Å². The predicted molar refractivity (Wildman–Crippen MR) is 292 cm³/mol. The van der Waals surface area contributed by atoms with Crippen molar-refractivity contribution in [3.05, 3.63) is 82.3 Å². The third-order valence-corrected chi connectivity index (χ3v) is 16.1. The molecule has 5 rings (SSSR count). The first-order valence-electron chi connectivity index (χ1n) is 26.6. The molecule has 2 fully saturated rings. The molecular formula is C56H85N9O9S. The number of thiazole rings is 1. The van der Waals surface area contributed by atoms with Crippen molar-refractivity contribution in [2.45, 2.75) is 129 Å². The van der Waals surface area contributed by atoms with Gasteiger partial charge in [-0.25, -0.2) is 9.78 Å². The number of hydrogen-bond acceptors (Lipinski definition) is 13. The van der Waals surface area contributed by atoms with Crippen molar-refractivity contribution in [3.8, 4) is 0 Å². The molecule has 10 atom stereocenters. The fourth-order valence-corrected chi connectivity index (χ4v) is 11.2. The second-order valence-electron chi connectivity index (χ2n) is 21.0. The lowest BCUT2D eigenvalue weighted by Crippen LogP contribution is -2.60. The van der Waals surface area contributed by atoms with Gasteiger partial charge in [-0.05, 0) is 61.8 Å². The highest BCUT2D eigenvalue weighted by Crippen LogP contribution is 2.31.